The van der Waals surface area contributed by atoms with Gasteiger partial charge in [-0.15, -0.1) is 0 Å². The van der Waals surface area contributed by atoms with E-state index >= 15 is 0 Å². The van der Waals surface area contributed by atoms with Crippen molar-refractivity contribution in [1.29, 1.82) is 0 Å². The molecule has 0 saturated carbocycles. The third kappa shape index (κ3) is 3.42. The van der Waals surface area contributed by atoms with Crippen LogP contribution < -0.4 is 5.73 Å². The van der Waals surface area contributed by atoms with Crippen LogP contribution in [0.15, 0.2) is 24.4 Å². The lowest BCUT2D eigenvalue weighted by Crippen LogP contribution is -2.35. The molecule has 0 fully saturated rings. The van der Waals surface area contributed by atoms with Crippen LogP contribution in [-0.4, -0.2) is 15.5 Å². The van der Waals surface area contributed by atoms with E-state index in [0.717, 1.165) is 11.5 Å². The number of nitrogens with two attached hydrogens (primary N) is 1. The summed E-state index contributed by atoms with van der Waals surface area (Å²) in [6.07, 6.45) is 2.49. The van der Waals surface area contributed by atoms with Crippen LogP contribution in [0.1, 0.15) is 36.4 Å². The number of benzene rings is 1. The van der Waals surface area contributed by atoms with Gasteiger partial charge in [-0.25, -0.2) is 9.97 Å². The Bertz CT molecular complexity index is 625. The van der Waals surface area contributed by atoms with Gasteiger partial charge in [0.2, 0.25) is 0 Å². The molecule has 2 N–H and O–H groups in total. The summed E-state index contributed by atoms with van der Waals surface area (Å²) >= 11 is 0. The minimum absolute atomic E-state index is 0.295. The number of hydrogen-bond acceptors (Lipinski definition) is 3. The highest BCUT2D eigenvalue weighted by Gasteiger charge is 2.15. The molecule has 0 aliphatic heterocycles. The molecule has 0 aliphatic carbocycles. The SMILES string of the molecule is Cc1cc(C)c(-c2ccnc(CC(C)(C)N)n2)cc1C. The molecular formula is C17H23N3. The summed E-state index contributed by atoms with van der Waals surface area (Å²) in [7, 11) is 0. The number of aryl methyl sites for hydroxylation is 3. The molecule has 2 rings (SSSR count). The van der Waals surface area contributed by atoms with Crippen molar-refractivity contribution in [2.75, 3.05) is 0 Å². The molecule has 1 heterocycles. The van der Waals surface area contributed by atoms with E-state index in [4.69, 9.17) is 5.73 Å². The molecule has 1 aromatic heterocycles. The summed E-state index contributed by atoms with van der Waals surface area (Å²) in [4.78, 5) is 9.00. The fourth-order valence-corrected chi connectivity index (χ4v) is 2.28. The maximum Gasteiger partial charge on any atom is 0.130 e. The van der Waals surface area contributed by atoms with E-state index in [-0.39, 0.29) is 5.54 Å². The Kier molecular flexibility index (Phi) is 3.91. The quantitative estimate of drug-likeness (QED) is 0.929. The van der Waals surface area contributed by atoms with E-state index in [1.807, 2.05) is 26.1 Å². The minimum Gasteiger partial charge on any atom is -0.325 e. The second-order valence-corrected chi connectivity index (χ2v) is 6.27. The Morgan fingerprint density at radius 2 is 1.70 bits per heavy atom. The predicted octanol–water partition coefficient (Wildman–Crippen LogP) is 3.35. The molecule has 0 amide bonds. The summed E-state index contributed by atoms with van der Waals surface area (Å²) in [5.41, 5.74) is 11.7. The van der Waals surface area contributed by atoms with Crippen molar-refractivity contribution in [2.24, 2.45) is 5.73 Å². The average Bonchev–Trinajstić information content (AvgIpc) is 2.32. The largest absolute Gasteiger partial charge is 0.325 e. The molecule has 0 spiro atoms. The van der Waals surface area contributed by atoms with Gasteiger partial charge in [0.15, 0.2) is 0 Å². The van der Waals surface area contributed by atoms with Crippen LogP contribution in [0.25, 0.3) is 11.3 Å². The molecular weight excluding hydrogens is 246 g/mol. The zero-order chi connectivity index (χ0) is 14.9. The van der Waals surface area contributed by atoms with Crippen LogP contribution in [0.5, 0.6) is 0 Å². The van der Waals surface area contributed by atoms with Crippen LogP contribution >= 0.6 is 0 Å². The van der Waals surface area contributed by atoms with Gasteiger partial charge in [-0.3, -0.25) is 0 Å². The highest BCUT2D eigenvalue weighted by Crippen LogP contribution is 2.25. The molecule has 3 heteroatoms. The van der Waals surface area contributed by atoms with Gasteiger partial charge in [0.05, 0.1) is 5.69 Å². The maximum absolute atomic E-state index is 6.05. The normalized spacial score (nSPS) is 11.7. The molecule has 0 atom stereocenters. The van der Waals surface area contributed by atoms with Crippen molar-refractivity contribution in [1.82, 2.24) is 9.97 Å². The molecule has 0 unspecified atom stereocenters. The van der Waals surface area contributed by atoms with Crippen LogP contribution in [0.3, 0.4) is 0 Å². The van der Waals surface area contributed by atoms with Crippen LogP contribution in [0.4, 0.5) is 0 Å². The maximum atomic E-state index is 6.05. The number of nitrogens with zero attached hydrogens (tertiary/aromatic N) is 2. The van der Waals surface area contributed by atoms with Crippen molar-refractivity contribution in [3.05, 3.63) is 46.9 Å². The second kappa shape index (κ2) is 5.33. The lowest BCUT2D eigenvalue weighted by Gasteiger charge is -2.17. The topological polar surface area (TPSA) is 51.8 Å². The van der Waals surface area contributed by atoms with E-state index in [2.05, 4.69) is 42.9 Å². The van der Waals surface area contributed by atoms with Crippen molar-refractivity contribution in [3.63, 3.8) is 0 Å². The van der Waals surface area contributed by atoms with Gasteiger partial charge in [-0.2, -0.15) is 0 Å². The Balaban J connectivity index is 2.44. The molecule has 0 saturated heterocycles. The van der Waals surface area contributed by atoms with E-state index in [0.29, 0.717) is 6.42 Å². The van der Waals surface area contributed by atoms with E-state index in [1.165, 1.54) is 22.3 Å². The predicted molar refractivity (Wildman–Crippen MR) is 83.6 cm³/mol. The van der Waals surface area contributed by atoms with Gasteiger partial charge in [0.25, 0.3) is 0 Å². The number of hydrogen-bond donors (Lipinski definition) is 1. The Morgan fingerprint density at radius 3 is 2.35 bits per heavy atom. The van der Waals surface area contributed by atoms with Gasteiger partial charge in [-0.05, 0) is 63.4 Å². The zero-order valence-electron chi connectivity index (χ0n) is 13.0. The third-order valence-corrected chi connectivity index (χ3v) is 3.44. The first-order chi connectivity index (χ1) is 9.26. The molecule has 106 valence electrons. The smallest absolute Gasteiger partial charge is 0.130 e. The lowest BCUT2D eigenvalue weighted by atomic mass is 9.98. The Morgan fingerprint density at radius 1 is 1.05 bits per heavy atom. The Labute approximate surface area is 121 Å². The summed E-state index contributed by atoms with van der Waals surface area (Å²) in [6, 6.07) is 6.37. The van der Waals surface area contributed by atoms with Crippen LogP contribution in [0, 0.1) is 20.8 Å². The van der Waals surface area contributed by atoms with Crippen LogP contribution in [0.2, 0.25) is 0 Å². The molecule has 20 heavy (non-hydrogen) atoms. The third-order valence-electron chi connectivity index (χ3n) is 3.44. The van der Waals surface area contributed by atoms with Gasteiger partial charge in [-0.1, -0.05) is 6.07 Å². The highest BCUT2D eigenvalue weighted by atomic mass is 14.9. The van der Waals surface area contributed by atoms with Crippen molar-refractivity contribution in [2.45, 2.75) is 46.6 Å². The summed E-state index contributed by atoms with van der Waals surface area (Å²) in [5, 5.41) is 0. The number of aromatic nitrogens is 2. The average molecular weight is 269 g/mol. The number of rotatable bonds is 3. The fraction of sp³-hybridized carbons (Fsp3) is 0.412. The van der Waals surface area contributed by atoms with Crippen molar-refractivity contribution < 1.29 is 0 Å². The first kappa shape index (κ1) is 14.7. The first-order valence-electron chi connectivity index (χ1n) is 6.95. The summed E-state index contributed by atoms with van der Waals surface area (Å²) < 4.78 is 0. The second-order valence-electron chi connectivity index (χ2n) is 6.27. The molecule has 0 aliphatic rings. The zero-order valence-corrected chi connectivity index (χ0v) is 13.0. The van der Waals surface area contributed by atoms with Crippen molar-refractivity contribution >= 4 is 0 Å². The monoisotopic (exact) mass is 269 g/mol. The molecule has 0 radical (unpaired) electrons. The van der Waals surface area contributed by atoms with Gasteiger partial charge >= 0.3 is 0 Å². The molecule has 2 aromatic rings. The minimum atomic E-state index is -0.295. The van der Waals surface area contributed by atoms with E-state index in [1.54, 1.807) is 0 Å². The standard InChI is InChI=1S/C17H23N3/c1-11-8-13(3)14(9-12(11)2)15-6-7-19-16(20-15)10-17(4,5)18/h6-9H,10,18H2,1-5H3. The summed E-state index contributed by atoms with van der Waals surface area (Å²) in [6.45, 7) is 10.4. The van der Waals surface area contributed by atoms with Crippen molar-refractivity contribution in [3.8, 4) is 11.3 Å². The molecule has 1 aromatic carbocycles. The van der Waals surface area contributed by atoms with Gasteiger partial charge in [0.1, 0.15) is 5.82 Å². The van der Waals surface area contributed by atoms with Gasteiger partial charge < -0.3 is 5.73 Å². The highest BCUT2D eigenvalue weighted by molar-refractivity contribution is 5.65. The van der Waals surface area contributed by atoms with E-state index < -0.39 is 0 Å². The fourth-order valence-electron chi connectivity index (χ4n) is 2.28. The molecule has 0 bridgehead atoms. The first-order valence-corrected chi connectivity index (χ1v) is 6.95. The van der Waals surface area contributed by atoms with E-state index in [9.17, 15) is 0 Å². The Hall–Kier alpha value is -1.74. The summed E-state index contributed by atoms with van der Waals surface area (Å²) in [5.74, 6) is 0.799. The van der Waals surface area contributed by atoms with Gasteiger partial charge in [0, 0.05) is 23.7 Å². The molecule has 3 nitrogen and oxygen atoms in total. The lowest BCUT2D eigenvalue weighted by molar-refractivity contribution is 0.502. The van der Waals surface area contributed by atoms with Crippen LogP contribution in [-0.2, 0) is 6.42 Å².